The van der Waals surface area contributed by atoms with E-state index in [-0.39, 0.29) is 17.1 Å². The number of carbonyl (C=O) groups is 1. The highest BCUT2D eigenvalue weighted by Gasteiger charge is 2.25. The Morgan fingerprint density at radius 2 is 2.13 bits per heavy atom. The van der Waals surface area contributed by atoms with Crippen molar-refractivity contribution in [1.82, 2.24) is 4.98 Å². The van der Waals surface area contributed by atoms with Crippen LogP contribution in [0.4, 0.5) is 0 Å². The number of rotatable bonds is 5. The van der Waals surface area contributed by atoms with Gasteiger partial charge in [0, 0.05) is 10.7 Å². The highest BCUT2D eigenvalue weighted by atomic mass is 79.9. The minimum atomic E-state index is -3.40. The summed E-state index contributed by atoms with van der Waals surface area (Å²) in [5.41, 5.74) is 5.90. The van der Waals surface area contributed by atoms with Crippen LogP contribution in [0.2, 0.25) is 0 Å². The lowest BCUT2D eigenvalue weighted by Gasteiger charge is -2.11. The second-order valence-corrected chi connectivity index (χ2v) is 11.0. The first-order valence-electron chi connectivity index (χ1n) is 8.24. The first kappa shape index (κ1) is 22.2. The Balaban J connectivity index is 2.27. The molecule has 3 rings (SSSR count). The minimum Gasteiger partial charge on any atom is -0.383 e. The lowest BCUT2D eigenvalue weighted by Crippen LogP contribution is -2.09. The van der Waals surface area contributed by atoms with Crippen molar-refractivity contribution in [3.63, 3.8) is 0 Å². The third-order valence-corrected chi connectivity index (χ3v) is 9.16. The van der Waals surface area contributed by atoms with E-state index in [1.807, 2.05) is 12.3 Å². The van der Waals surface area contributed by atoms with Crippen molar-refractivity contribution in [2.45, 2.75) is 14.0 Å². The Morgan fingerprint density at radius 3 is 2.70 bits per heavy atom. The van der Waals surface area contributed by atoms with Gasteiger partial charge in [0.1, 0.15) is 27.3 Å². The molecule has 0 bridgehead atoms. The van der Waals surface area contributed by atoms with Crippen LogP contribution < -0.4 is 5.73 Å². The van der Waals surface area contributed by atoms with Crippen LogP contribution in [0, 0.1) is 16.7 Å². The molecule has 3 N–H and O–H groups in total. The summed E-state index contributed by atoms with van der Waals surface area (Å²) >= 11 is 5.94. The van der Waals surface area contributed by atoms with Crippen molar-refractivity contribution in [2.75, 3.05) is 6.26 Å². The molecule has 0 aliphatic carbocycles. The number of aromatic nitrogens is 1. The van der Waals surface area contributed by atoms with Gasteiger partial charge in [-0.2, -0.15) is 5.26 Å². The maximum absolute atomic E-state index is 14.3. The Hall–Kier alpha value is -2.52. The van der Waals surface area contributed by atoms with Crippen molar-refractivity contribution in [3.05, 3.63) is 69.3 Å². The molecule has 0 aliphatic heterocycles. The van der Waals surface area contributed by atoms with Crippen LogP contribution in [0.3, 0.4) is 0 Å². The molecule has 3 aromatic rings. The van der Waals surface area contributed by atoms with E-state index in [0.29, 0.717) is 23.4 Å². The second kappa shape index (κ2) is 9.09. The van der Waals surface area contributed by atoms with Gasteiger partial charge in [0.25, 0.3) is 5.91 Å². The first-order valence-corrected chi connectivity index (χ1v) is 12.6. The molecule has 152 valence electrons. The summed E-state index contributed by atoms with van der Waals surface area (Å²) in [6.45, 7) is 0. The number of thioether (sulfide) groups is 1. The van der Waals surface area contributed by atoms with Crippen molar-refractivity contribution in [2.24, 2.45) is 10.1 Å². The van der Waals surface area contributed by atoms with Crippen LogP contribution in [0.25, 0.3) is 0 Å². The van der Waals surface area contributed by atoms with Gasteiger partial charge >= 0.3 is 0 Å². The molecule has 1 unspecified atom stereocenters. The normalized spacial score (nSPS) is 12.6. The van der Waals surface area contributed by atoms with Gasteiger partial charge in [-0.1, -0.05) is 22.0 Å². The number of nitrogens with two attached hydrogens (primary N) is 1. The SMILES string of the molecule is CSc1sc(C(=N)N)cc1S(=O)(=NC(=O)c1ccc(C#N)nc1)c1cccc(Br)c1. The molecule has 1 amide bonds. The number of nitrogen functional groups attached to an aromatic ring is 1. The topological polar surface area (TPSA) is 133 Å². The van der Waals surface area contributed by atoms with Gasteiger partial charge in [-0.05, 0) is 42.7 Å². The average Bonchev–Trinajstić information content (AvgIpc) is 3.19. The summed E-state index contributed by atoms with van der Waals surface area (Å²) in [6, 6.07) is 13.0. The van der Waals surface area contributed by atoms with Gasteiger partial charge in [0.05, 0.1) is 24.4 Å². The molecule has 1 atom stereocenters. The number of hydrogen-bond donors (Lipinski definition) is 2. The molecular weight excluding hydrogens is 506 g/mol. The molecule has 0 spiro atoms. The van der Waals surface area contributed by atoms with Crippen molar-refractivity contribution in [3.8, 4) is 6.07 Å². The maximum atomic E-state index is 14.3. The molecule has 1 aromatic carbocycles. The second-order valence-electron chi connectivity index (χ2n) is 5.80. The number of nitrogens with zero attached hydrogens (tertiary/aromatic N) is 3. The van der Waals surface area contributed by atoms with E-state index >= 15 is 0 Å². The van der Waals surface area contributed by atoms with Crippen LogP contribution in [0.1, 0.15) is 20.9 Å². The molecule has 2 heterocycles. The first-order chi connectivity index (χ1) is 14.3. The molecule has 30 heavy (non-hydrogen) atoms. The van der Waals surface area contributed by atoms with Gasteiger partial charge in [0.15, 0.2) is 0 Å². The van der Waals surface area contributed by atoms with E-state index in [1.54, 1.807) is 30.3 Å². The number of nitriles is 1. The summed E-state index contributed by atoms with van der Waals surface area (Å²) in [4.78, 5) is 17.9. The maximum Gasteiger partial charge on any atom is 0.287 e. The van der Waals surface area contributed by atoms with E-state index in [9.17, 15) is 9.00 Å². The van der Waals surface area contributed by atoms with Gasteiger partial charge < -0.3 is 5.73 Å². The standard InChI is InChI=1S/C19H14BrN5O2S3/c1-28-19-16(8-15(29-19)17(22)23)30(27,14-4-2-3-12(20)7-14)25-18(26)11-5-6-13(9-21)24-10-11/h2-8,10H,1H3,(H3,22,23). The van der Waals surface area contributed by atoms with Crippen molar-refractivity contribution >= 4 is 60.5 Å². The number of benzene rings is 1. The van der Waals surface area contributed by atoms with E-state index in [0.717, 1.165) is 0 Å². The third kappa shape index (κ3) is 4.46. The Labute approximate surface area is 190 Å². The quantitative estimate of drug-likeness (QED) is 0.289. The molecule has 0 fully saturated rings. The molecule has 2 aromatic heterocycles. The largest absolute Gasteiger partial charge is 0.383 e. The number of hydrogen-bond acceptors (Lipinski definition) is 7. The molecule has 0 radical (unpaired) electrons. The van der Waals surface area contributed by atoms with E-state index in [2.05, 4.69) is 25.3 Å². The summed E-state index contributed by atoms with van der Waals surface area (Å²) in [5.74, 6) is -0.875. The fraction of sp³-hybridized carbons (Fsp3) is 0.0526. The number of pyridine rings is 1. The summed E-state index contributed by atoms with van der Waals surface area (Å²) in [7, 11) is -3.40. The predicted molar refractivity (Wildman–Crippen MR) is 122 cm³/mol. The van der Waals surface area contributed by atoms with Crippen LogP contribution in [-0.4, -0.2) is 27.2 Å². The fourth-order valence-corrected chi connectivity index (χ4v) is 7.49. The zero-order valence-corrected chi connectivity index (χ0v) is 19.5. The van der Waals surface area contributed by atoms with Crippen LogP contribution in [0.15, 0.2) is 71.5 Å². The number of thiophene rings is 1. The molecular formula is C19H14BrN5O2S3. The van der Waals surface area contributed by atoms with Crippen molar-refractivity contribution in [1.29, 1.82) is 10.7 Å². The summed E-state index contributed by atoms with van der Waals surface area (Å²) in [5, 5.41) is 16.6. The predicted octanol–water partition coefficient (Wildman–Crippen LogP) is 4.51. The molecule has 11 heteroatoms. The Bertz CT molecular complexity index is 1300. The van der Waals surface area contributed by atoms with Gasteiger partial charge in [-0.15, -0.1) is 27.5 Å². The summed E-state index contributed by atoms with van der Waals surface area (Å²) in [6.07, 6.45) is 3.04. The van der Waals surface area contributed by atoms with Crippen LogP contribution >= 0.6 is 39.0 Å². The molecule has 0 saturated heterocycles. The highest BCUT2D eigenvalue weighted by molar-refractivity contribution is 9.10. The lowest BCUT2D eigenvalue weighted by molar-refractivity contribution is 0.100. The zero-order valence-electron chi connectivity index (χ0n) is 15.5. The number of carbonyl (C=O) groups excluding carboxylic acids is 1. The van der Waals surface area contributed by atoms with Crippen molar-refractivity contribution < 1.29 is 9.00 Å². The smallest absolute Gasteiger partial charge is 0.287 e. The number of amidine groups is 1. The van der Waals surface area contributed by atoms with Gasteiger partial charge in [-0.25, -0.2) is 9.19 Å². The molecule has 0 aliphatic rings. The zero-order chi connectivity index (χ0) is 21.9. The molecule has 0 saturated carbocycles. The van der Waals surface area contributed by atoms with Crippen LogP contribution in [-0.2, 0) is 9.73 Å². The van der Waals surface area contributed by atoms with E-state index in [1.165, 1.54) is 41.4 Å². The average molecular weight is 520 g/mol. The highest BCUT2D eigenvalue weighted by Crippen LogP contribution is 2.38. The number of nitrogens with one attached hydrogen (secondary N) is 1. The lowest BCUT2D eigenvalue weighted by atomic mass is 10.2. The third-order valence-electron chi connectivity index (χ3n) is 3.87. The Kier molecular flexibility index (Phi) is 6.72. The fourth-order valence-electron chi connectivity index (χ4n) is 2.45. The van der Waals surface area contributed by atoms with Gasteiger partial charge in [-0.3, -0.25) is 10.2 Å². The minimum absolute atomic E-state index is 0.115. The van der Waals surface area contributed by atoms with Crippen LogP contribution in [0.5, 0.6) is 0 Å². The molecule has 7 nitrogen and oxygen atoms in total. The number of amides is 1. The van der Waals surface area contributed by atoms with Gasteiger partial charge in [0.2, 0.25) is 0 Å². The number of halogens is 1. The monoisotopic (exact) mass is 519 g/mol. The van der Waals surface area contributed by atoms with E-state index in [4.69, 9.17) is 16.4 Å². The van der Waals surface area contributed by atoms with E-state index < -0.39 is 15.6 Å². The Morgan fingerprint density at radius 1 is 1.37 bits per heavy atom. The summed E-state index contributed by atoms with van der Waals surface area (Å²) < 4.78 is 19.7.